The van der Waals surface area contributed by atoms with E-state index in [1.165, 1.54) is 6.08 Å². The lowest BCUT2D eigenvalue weighted by molar-refractivity contribution is 0.104. The van der Waals surface area contributed by atoms with Crippen LogP contribution in [0.3, 0.4) is 0 Å². The van der Waals surface area contributed by atoms with Crippen molar-refractivity contribution in [2.75, 3.05) is 14.2 Å². The van der Waals surface area contributed by atoms with Crippen LogP contribution in [-0.2, 0) is 0 Å². The second kappa shape index (κ2) is 9.12. The number of ketones is 1. The summed E-state index contributed by atoms with van der Waals surface area (Å²) in [6, 6.07) is 19.8. The van der Waals surface area contributed by atoms with Crippen molar-refractivity contribution in [1.82, 2.24) is 4.98 Å². The molecule has 0 bridgehead atoms. The van der Waals surface area contributed by atoms with Gasteiger partial charge in [0.15, 0.2) is 5.78 Å². The molecule has 32 heavy (non-hydrogen) atoms. The molecule has 0 aliphatic rings. The van der Waals surface area contributed by atoms with Crippen LogP contribution in [0.5, 0.6) is 11.5 Å². The van der Waals surface area contributed by atoms with Gasteiger partial charge in [0, 0.05) is 33.1 Å². The summed E-state index contributed by atoms with van der Waals surface area (Å²) in [5.41, 5.74) is 2.18. The normalized spacial score (nSPS) is 11.1. The van der Waals surface area contributed by atoms with Gasteiger partial charge in [-0.3, -0.25) is 9.59 Å². The number of aromatic nitrogens is 1. The van der Waals surface area contributed by atoms with Gasteiger partial charge in [0.25, 0.3) is 5.56 Å². The van der Waals surface area contributed by atoms with Crippen molar-refractivity contribution >= 4 is 34.4 Å². The standard InChI is InChI=1S/C26H20ClNO4/c1-31-19-11-8-16(23(15-19)32-2)9-13-22(29)25-24(17-6-4-3-5-7-17)20-14-18(27)10-12-21(20)28-26(25)30/h3-15H,1-2H3,(H,28,30)/b13-9+. The maximum Gasteiger partial charge on any atom is 0.260 e. The highest BCUT2D eigenvalue weighted by molar-refractivity contribution is 6.31. The number of carbonyl (C=O) groups excluding carboxylic acids is 1. The van der Waals surface area contributed by atoms with Crippen LogP contribution in [0.1, 0.15) is 15.9 Å². The van der Waals surface area contributed by atoms with Gasteiger partial charge in [0.1, 0.15) is 11.5 Å². The lowest BCUT2D eigenvalue weighted by Gasteiger charge is -2.12. The summed E-state index contributed by atoms with van der Waals surface area (Å²) in [7, 11) is 3.11. The summed E-state index contributed by atoms with van der Waals surface area (Å²) in [5.74, 6) is 0.764. The Labute approximate surface area is 189 Å². The number of hydrogen-bond acceptors (Lipinski definition) is 4. The smallest absolute Gasteiger partial charge is 0.260 e. The van der Waals surface area contributed by atoms with Gasteiger partial charge in [-0.15, -0.1) is 0 Å². The summed E-state index contributed by atoms with van der Waals surface area (Å²) >= 11 is 6.23. The molecule has 1 aromatic heterocycles. The lowest BCUT2D eigenvalue weighted by Crippen LogP contribution is -2.18. The van der Waals surface area contributed by atoms with Crippen LogP contribution in [0, 0.1) is 0 Å². The molecule has 1 heterocycles. The highest BCUT2D eigenvalue weighted by atomic mass is 35.5. The summed E-state index contributed by atoms with van der Waals surface area (Å²) in [4.78, 5) is 29.1. The molecule has 6 heteroatoms. The Hall–Kier alpha value is -3.83. The molecule has 0 unspecified atom stereocenters. The van der Waals surface area contributed by atoms with Crippen molar-refractivity contribution in [3.63, 3.8) is 0 Å². The number of aromatic amines is 1. The van der Waals surface area contributed by atoms with Gasteiger partial charge < -0.3 is 14.5 Å². The molecule has 0 atom stereocenters. The molecular weight excluding hydrogens is 426 g/mol. The van der Waals surface area contributed by atoms with E-state index >= 15 is 0 Å². The molecule has 160 valence electrons. The monoisotopic (exact) mass is 445 g/mol. The van der Waals surface area contributed by atoms with Crippen LogP contribution in [0.15, 0.2) is 77.6 Å². The number of hydrogen-bond donors (Lipinski definition) is 1. The van der Waals surface area contributed by atoms with Crippen molar-refractivity contribution in [2.45, 2.75) is 0 Å². The van der Waals surface area contributed by atoms with E-state index < -0.39 is 11.3 Å². The number of methoxy groups -OCH3 is 2. The van der Waals surface area contributed by atoms with Gasteiger partial charge in [0.2, 0.25) is 0 Å². The number of nitrogens with one attached hydrogen (secondary N) is 1. The van der Waals surface area contributed by atoms with Crippen LogP contribution in [0.4, 0.5) is 0 Å². The number of allylic oxidation sites excluding steroid dienone is 1. The molecule has 5 nitrogen and oxygen atoms in total. The molecule has 0 amide bonds. The predicted octanol–water partition coefficient (Wildman–Crippen LogP) is 5.76. The lowest BCUT2D eigenvalue weighted by atomic mass is 9.94. The molecule has 0 spiro atoms. The molecule has 1 N–H and O–H groups in total. The third-order valence-electron chi connectivity index (χ3n) is 5.14. The van der Waals surface area contributed by atoms with E-state index in [9.17, 15) is 9.59 Å². The van der Waals surface area contributed by atoms with Crippen LogP contribution < -0.4 is 15.0 Å². The number of rotatable bonds is 6. The first-order chi connectivity index (χ1) is 15.5. The fourth-order valence-corrected chi connectivity index (χ4v) is 3.78. The van der Waals surface area contributed by atoms with E-state index in [1.54, 1.807) is 56.7 Å². The average Bonchev–Trinajstić information content (AvgIpc) is 2.82. The van der Waals surface area contributed by atoms with E-state index in [-0.39, 0.29) is 5.56 Å². The number of fused-ring (bicyclic) bond motifs is 1. The van der Waals surface area contributed by atoms with Crippen molar-refractivity contribution in [1.29, 1.82) is 0 Å². The maximum atomic E-state index is 13.3. The fourth-order valence-electron chi connectivity index (χ4n) is 3.61. The second-order valence-corrected chi connectivity index (χ2v) is 7.50. The van der Waals surface area contributed by atoms with Crippen molar-refractivity contribution in [2.24, 2.45) is 0 Å². The molecule has 0 aliphatic carbocycles. The molecule has 0 saturated carbocycles. The number of benzene rings is 3. The molecule has 4 rings (SSSR count). The van der Waals surface area contributed by atoms with Gasteiger partial charge in [-0.05, 0) is 48.0 Å². The largest absolute Gasteiger partial charge is 0.497 e. The number of ether oxygens (including phenoxy) is 2. The summed E-state index contributed by atoms with van der Waals surface area (Å²) < 4.78 is 10.6. The molecule has 3 aromatic carbocycles. The van der Waals surface area contributed by atoms with E-state index in [1.807, 2.05) is 30.3 Å². The summed E-state index contributed by atoms with van der Waals surface area (Å²) in [6.07, 6.45) is 2.99. The minimum absolute atomic E-state index is 0.0506. The average molecular weight is 446 g/mol. The highest BCUT2D eigenvalue weighted by Gasteiger charge is 2.19. The summed E-state index contributed by atoms with van der Waals surface area (Å²) in [6.45, 7) is 0. The van der Waals surface area contributed by atoms with Gasteiger partial charge in [-0.25, -0.2) is 0 Å². The minimum Gasteiger partial charge on any atom is -0.497 e. The van der Waals surface area contributed by atoms with E-state index in [0.29, 0.717) is 38.6 Å². The van der Waals surface area contributed by atoms with Gasteiger partial charge in [-0.1, -0.05) is 41.9 Å². The Bertz CT molecular complexity index is 1390. The van der Waals surface area contributed by atoms with Crippen molar-refractivity contribution < 1.29 is 14.3 Å². The Morgan fingerprint density at radius 3 is 2.47 bits per heavy atom. The van der Waals surface area contributed by atoms with Crippen molar-refractivity contribution in [3.05, 3.63) is 99.3 Å². The molecule has 4 aromatic rings. The number of carbonyl (C=O) groups is 1. The van der Waals surface area contributed by atoms with Crippen LogP contribution in [-0.4, -0.2) is 25.0 Å². The second-order valence-electron chi connectivity index (χ2n) is 7.07. The third-order valence-corrected chi connectivity index (χ3v) is 5.38. The highest BCUT2D eigenvalue weighted by Crippen LogP contribution is 2.32. The topological polar surface area (TPSA) is 68.4 Å². The quantitative estimate of drug-likeness (QED) is 0.302. The summed E-state index contributed by atoms with van der Waals surface area (Å²) in [5, 5.41) is 1.21. The Balaban J connectivity index is 1.87. The SMILES string of the molecule is COc1ccc(/C=C/C(=O)c2c(-c3ccccc3)c3cc(Cl)ccc3[nH]c2=O)c(OC)c1. The van der Waals surface area contributed by atoms with Crippen molar-refractivity contribution in [3.8, 4) is 22.6 Å². The maximum absolute atomic E-state index is 13.3. The zero-order valence-electron chi connectivity index (χ0n) is 17.5. The van der Waals surface area contributed by atoms with Crippen LogP contribution in [0.2, 0.25) is 5.02 Å². The third kappa shape index (κ3) is 4.15. The number of H-pyrrole nitrogens is 1. The van der Waals surface area contributed by atoms with E-state index in [4.69, 9.17) is 21.1 Å². The van der Waals surface area contributed by atoms with Gasteiger partial charge >= 0.3 is 0 Å². The van der Waals surface area contributed by atoms with E-state index in [0.717, 1.165) is 5.56 Å². The Kier molecular flexibility index (Phi) is 6.10. The Morgan fingerprint density at radius 2 is 1.75 bits per heavy atom. The molecular formula is C26H20ClNO4. The van der Waals surface area contributed by atoms with Crippen LogP contribution in [0.25, 0.3) is 28.1 Å². The van der Waals surface area contributed by atoms with Gasteiger partial charge in [0.05, 0.1) is 19.8 Å². The first-order valence-electron chi connectivity index (χ1n) is 9.87. The van der Waals surface area contributed by atoms with Crippen LogP contribution >= 0.6 is 11.6 Å². The molecule has 0 radical (unpaired) electrons. The first kappa shape index (κ1) is 21.4. The number of pyridine rings is 1. The number of halogens is 1. The van der Waals surface area contributed by atoms with Gasteiger partial charge in [-0.2, -0.15) is 0 Å². The van der Waals surface area contributed by atoms with E-state index in [2.05, 4.69) is 4.98 Å². The fraction of sp³-hybridized carbons (Fsp3) is 0.0769. The zero-order chi connectivity index (χ0) is 22.7. The minimum atomic E-state index is -0.463. The molecule has 0 aliphatic heterocycles. The molecule has 0 saturated heterocycles. The predicted molar refractivity (Wildman–Crippen MR) is 128 cm³/mol. The first-order valence-corrected chi connectivity index (χ1v) is 10.2. The zero-order valence-corrected chi connectivity index (χ0v) is 18.3. The Morgan fingerprint density at radius 1 is 0.969 bits per heavy atom. The molecule has 0 fully saturated rings.